The Kier molecular flexibility index (Phi) is 4.53. The Balaban J connectivity index is 1.81. The van der Waals surface area contributed by atoms with Gasteiger partial charge in [0.15, 0.2) is 0 Å². The number of carbonyl (C=O) groups excluding carboxylic acids is 1. The van der Waals surface area contributed by atoms with E-state index in [1.165, 1.54) is 4.88 Å². The molecule has 0 aliphatic heterocycles. The number of ether oxygens (including phenoxy) is 1. The normalized spacial score (nSPS) is 10.3. The lowest BCUT2D eigenvalue weighted by Gasteiger charge is -2.06. The van der Waals surface area contributed by atoms with Gasteiger partial charge in [0.2, 0.25) is 0 Å². The Morgan fingerprint density at radius 1 is 1.22 bits per heavy atom. The maximum Gasteiger partial charge on any atom is 0.134 e. The number of Topliss-reactive ketones (excluding diaryl/α,β-unsaturated/α-hetero) is 1. The lowest BCUT2D eigenvalue weighted by Crippen LogP contribution is -2.00. The minimum atomic E-state index is 0.182. The number of carbonyl (C=O) groups is 1. The van der Waals surface area contributed by atoms with E-state index in [2.05, 4.69) is 17.5 Å². The molecule has 2 rings (SSSR count). The summed E-state index contributed by atoms with van der Waals surface area (Å²) in [5.41, 5.74) is 1.04. The van der Waals surface area contributed by atoms with Gasteiger partial charge in [-0.15, -0.1) is 11.3 Å². The van der Waals surface area contributed by atoms with Crippen molar-refractivity contribution in [1.29, 1.82) is 0 Å². The number of thiophene rings is 1. The smallest absolute Gasteiger partial charge is 0.134 e. The highest BCUT2D eigenvalue weighted by Gasteiger charge is 1.99. The van der Waals surface area contributed by atoms with Gasteiger partial charge in [-0.1, -0.05) is 18.2 Å². The fourth-order valence-electron chi connectivity index (χ4n) is 1.72. The minimum absolute atomic E-state index is 0.182. The van der Waals surface area contributed by atoms with E-state index in [1.54, 1.807) is 18.3 Å². The van der Waals surface area contributed by atoms with Crippen molar-refractivity contribution in [2.24, 2.45) is 0 Å². The van der Waals surface area contributed by atoms with Crippen LogP contribution in [0.1, 0.15) is 17.4 Å². The van der Waals surface area contributed by atoms with Crippen molar-refractivity contribution in [2.45, 2.75) is 19.8 Å². The van der Waals surface area contributed by atoms with Gasteiger partial charge >= 0.3 is 0 Å². The van der Waals surface area contributed by atoms with Gasteiger partial charge < -0.3 is 4.74 Å². The lowest BCUT2D eigenvalue weighted by atomic mass is 10.1. The van der Waals surface area contributed by atoms with Crippen molar-refractivity contribution in [3.05, 3.63) is 52.2 Å². The molecular weight excluding hydrogens is 244 g/mol. The molecule has 0 fully saturated rings. The van der Waals surface area contributed by atoms with E-state index in [-0.39, 0.29) is 5.78 Å². The summed E-state index contributed by atoms with van der Waals surface area (Å²) >= 11 is 1.75. The summed E-state index contributed by atoms with van der Waals surface area (Å²) in [5, 5.41) is 2.08. The summed E-state index contributed by atoms with van der Waals surface area (Å²) in [5.74, 6) is 1.04. The Labute approximate surface area is 111 Å². The molecule has 0 saturated carbocycles. The average molecular weight is 260 g/mol. The Bertz CT molecular complexity index is 486. The van der Waals surface area contributed by atoms with Crippen molar-refractivity contribution in [1.82, 2.24) is 0 Å². The van der Waals surface area contributed by atoms with Gasteiger partial charge in [-0.05, 0) is 36.1 Å². The maximum absolute atomic E-state index is 11.0. The van der Waals surface area contributed by atoms with Crippen molar-refractivity contribution < 1.29 is 9.53 Å². The van der Waals surface area contributed by atoms with Crippen LogP contribution >= 0.6 is 11.3 Å². The molecule has 1 aromatic heterocycles. The lowest BCUT2D eigenvalue weighted by molar-refractivity contribution is -0.116. The third-order valence-electron chi connectivity index (χ3n) is 2.57. The Morgan fingerprint density at radius 2 is 2.00 bits per heavy atom. The van der Waals surface area contributed by atoms with E-state index in [0.29, 0.717) is 13.0 Å². The van der Waals surface area contributed by atoms with E-state index in [0.717, 1.165) is 17.7 Å². The first kappa shape index (κ1) is 12.8. The van der Waals surface area contributed by atoms with Gasteiger partial charge in [0.25, 0.3) is 0 Å². The molecule has 0 atom stereocenters. The second-order valence-electron chi connectivity index (χ2n) is 4.20. The Morgan fingerprint density at radius 3 is 2.61 bits per heavy atom. The van der Waals surface area contributed by atoms with E-state index >= 15 is 0 Å². The van der Waals surface area contributed by atoms with Crippen LogP contribution in [-0.4, -0.2) is 12.4 Å². The molecule has 1 aromatic carbocycles. The second-order valence-corrected chi connectivity index (χ2v) is 5.23. The zero-order valence-corrected chi connectivity index (χ0v) is 11.2. The summed E-state index contributed by atoms with van der Waals surface area (Å²) in [6, 6.07) is 11.9. The van der Waals surface area contributed by atoms with Crippen molar-refractivity contribution in [3.63, 3.8) is 0 Å². The highest BCUT2D eigenvalue weighted by Crippen LogP contribution is 2.14. The largest absolute Gasteiger partial charge is 0.493 e. The summed E-state index contributed by atoms with van der Waals surface area (Å²) < 4.78 is 5.66. The molecule has 0 amide bonds. The highest BCUT2D eigenvalue weighted by molar-refractivity contribution is 7.09. The molecule has 0 aliphatic carbocycles. The van der Waals surface area contributed by atoms with Crippen molar-refractivity contribution >= 4 is 17.1 Å². The van der Waals surface area contributed by atoms with Crippen LogP contribution in [0, 0.1) is 0 Å². The fourth-order valence-corrected chi connectivity index (χ4v) is 2.41. The van der Waals surface area contributed by atoms with Gasteiger partial charge in [-0.2, -0.15) is 0 Å². The fraction of sp³-hybridized carbons (Fsp3) is 0.267. The zero-order valence-electron chi connectivity index (χ0n) is 10.4. The zero-order chi connectivity index (χ0) is 12.8. The molecule has 94 valence electrons. The molecule has 1 heterocycles. The molecule has 0 radical (unpaired) electrons. The van der Waals surface area contributed by atoms with Crippen LogP contribution in [0.3, 0.4) is 0 Å². The van der Waals surface area contributed by atoms with E-state index in [1.807, 2.05) is 24.3 Å². The Hall–Kier alpha value is -1.61. The molecule has 0 aliphatic rings. The standard InChI is InChI=1S/C15H16O2S/c1-12(16)11-13-4-6-14(7-5-13)17-9-8-15-3-2-10-18-15/h2-7,10H,8-9,11H2,1H3. The topological polar surface area (TPSA) is 26.3 Å². The van der Waals surface area contributed by atoms with Crippen LogP contribution in [0.2, 0.25) is 0 Å². The number of rotatable bonds is 6. The average Bonchev–Trinajstić information content (AvgIpc) is 2.84. The molecule has 0 spiro atoms. The maximum atomic E-state index is 11.0. The van der Waals surface area contributed by atoms with E-state index in [4.69, 9.17) is 4.74 Å². The predicted octanol–water partition coefficient (Wildman–Crippen LogP) is 3.50. The molecule has 0 N–H and O–H groups in total. The number of ketones is 1. The quantitative estimate of drug-likeness (QED) is 0.794. The third-order valence-corrected chi connectivity index (χ3v) is 3.51. The van der Waals surface area contributed by atoms with Crippen LogP contribution in [-0.2, 0) is 17.6 Å². The highest BCUT2D eigenvalue weighted by atomic mass is 32.1. The van der Waals surface area contributed by atoms with E-state index in [9.17, 15) is 4.79 Å². The summed E-state index contributed by atoms with van der Waals surface area (Å²) in [4.78, 5) is 12.3. The predicted molar refractivity (Wildman–Crippen MR) is 74.3 cm³/mol. The van der Waals surface area contributed by atoms with Crippen LogP contribution in [0.25, 0.3) is 0 Å². The number of benzene rings is 1. The summed E-state index contributed by atoms with van der Waals surface area (Å²) in [6.45, 7) is 2.29. The first-order valence-corrected chi connectivity index (χ1v) is 6.85. The van der Waals surface area contributed by atoms with Crippen LogP contribution < -0.4 is 4.74 Å². The number of hydrogen-bond donors (Lipinski definition) is 0. The molecule has 0 bridgehead atoms. The summed E-state index contributed by atoms with van der Waals surface area (Å²) in [6.07, 6.45) is 1.43. The number of hydrogen-bond acceptors (Lipinski definition) is 3. The van der Waals surface area contributed by atoms with Gasteiger partial charge in [-0.25, -0.2) is 0 Å². The minimum Gasteiger partial charge on any atom is -0.493 e. The molecule has 3 heteroatoms. The molecule has 0 saturated heterocycles. The van der Waals surface area contributed by atoms with Gasteiger partial charge in [-0.3, -0.25) is 4.79 Å². The van der Waals surface area contributed by atoms with Gasteiger partial charge in [0, 0.05) is 17.7 Å². The summed E-state index contributed by atoms with van der Waals surface area (Å²) in [7, 11) is 0. The molecule has 2 nitrogen and oxygen atoms in total. The SMILES string of the molecule is CC(=O)Cc1ccc(OCCc2cccs2)cc1. The molecular formula is C15H16O2S. The van der Waals surface area contributed by atoms with Crippen molar-refractivity contribution in [3.8, 4) is 5.75 Å². The molecule has 2 aromatic rings. The first-order chi connectivity index (χ1) is 8.74. The van der Waals surface area contributed by atoms with Crippen LogP contribution in [0.5, 0.6) is 5.75 Å². The van der Waals surface area contributed by atoms with Crippen LogP contribution in [0.4, 0.5) is 0 Å². The van der Waals surface area contributed by atoms with Crippen molar-refractivity contribution in [2.75, 3.05) is 6.61 Å². The monoisotopic (exact) mass is 260 g/mol. The molecule has 0 unspecified atom stereocenters. The molecule has 18 heavy (non-hydrogen) atoms. The van der Waals surface area contributed by atoms with Gasteiger partial charge in [0.1, 0.15) is 11.5 Å². The second kappa shape index (κ2) is 6.36. The van der Waals surface area contributed by atoms with Crippen LogP contribution in [0.15, 0.2) is 41.8 Å². The van der Waals surface area contributed by atoms with E-state index < -0.39 is 0 Å². The van der Waals surface area contributed by atoms with Gasteiger partial charge in [0.05, 0.1) is 6.61 Å². The third kappa shape index (κ3) is 4.00. The first-order valence-electron chi connectivity index (χ1n) is 5.97.